The van der Waals surface area contributed by atoms with Crippen LogP contribution in [0, 0.1) is 0 Å². The molecule has 1 saturated heterocycles. The summed E-state index contributed by atoms with van der Waals surface area (Å²) in [6.07, 6.45) is 6.60. The summed E-state index contributed by atoms with van der Waals surface area (Å²) in [4.78, 5) is 6.59. The predicted molar refractivity (Wildman–Crippen MR) is 72.4 cm³/mol. The number of hydrogen-bond acceptors (Lipinski definition) is 4. The van der Waals surface area contributed by atoms with Gasteiger partial charge < -0.3 is 10.1 Å². The fraction of sp³-hybridized carbons (Fsp3) is 0.643. The van der Waals surface area contributed by atoms with Gasteiger partial charge in [0.05, 0.1) is 6.10 Å². The van der Waals surface area contributed by atoms with Crippen LogP contribution < -0.4 is 5.32 Å². The molecule has 0 aromatic carbocycles. The Hall–Kier alpha value is -0.970. The Morgan fingerprint density at radius 3 is 3.28 bits per heavy atom. The number of nitrogens with zero attached hydrogens (tertiary/aromatic N) is 2. The number of ether oxygens (including phenoxy) is 1. The summed E-state index contributed by atoms with van der Waals surface area (Å²) in [6, 6.07) is 4.08. The van der Waals surface area contributed by atoms with Gasteiger partial charge in [-0.15, -0.1) is 0 Å². The Balaban J connectivity index is 1.60. The van der Waals surface area contributed by atoms with Crippen molar-refractivity contribution in [3.8, 4) is 0 Å². The Morgan fingerprint density at radius 1 is 1.56 bits per heavy atom. The van der Waals surface area contributed by atoms with Gasteiger partial charge >= 0.3 is 0 Å². The molecule has 4 heteroatoms. The number of rotatable bonds is 6. The number of aromatic nitrogens is 1. The van der Waals surface area contributed by atoms with E-state index in [0.29, 0.717) is 6.10 Å². The van der Waals surface area contributed by atoms with Crippen molar-refractivity contribution in [1.29, 1.82) is 0 Å². The Bertz CT molecular complexity index is 331. The van der Waals surface area contributed by atoms with E-state index in [0.717, 1.165) is 26.2 Å². The van der Waals surface area contributed by atoms with Crippen LogP contribution in [0.2, 0.25) is 0 Å². The largest absolute Gasteiger partial charge is 0.380 e. The molecule has 1 aromatic rings. The van der Waals surface area contributed by atoms with Crippen molar-refractivity contribution in [1.82, 2.24) is 15.2 Å². The van der Waals surface area contributed by atoms with Crippen LogP contribution in [0.4, 0.5) is 0 Å². The Labute approximate surface area is 109 Å². The number of methoxy groups -OCH3 is 1. The lowest BCUT2D eigenvalue weighted by molar-refractivity contribution is 0.0318. The van der Waals surface area contributed by atoms with E-state index in [2.05, 4.69) is 21.3 Å². The standard InChI is InChI=1S/C14H23N3O/c1-18-14-5-3-8-17(12-14)9-7-16-11-13-4-2-6-15-10-13/h2,4,6,10,14,16H,3,5,7-9,11-12H2,1H3. The summed E-state index contributed by atoms with van der Waals surface area (Å²) in [6.45, 7) is 5.29. The third-order valence-electron chi connectivity index (χ3n) is 3.45. The fourth-order valence-electron chi connectivity index (χ4n) is 2.38. The van der Waals surface area contributed by atoms with Crippen LogP contribution in [-0.2, 0) is 11.3 Å². The summed E-state index contributed by atoms with van der Waals surface area (Å²) in [7, 11) is 1.81. The molecule has 0 amide bonds. The third-order valence-corrected chi connectivity index (χ3v) is 3.45. The summed E-state index contributed by atoms with van der Waals surface area (Å²) in [5.41, 5.74) is 1.24. The van der Waals surface area contributed by atoms with Gasteiger partial charge in [-0.25, -0.2) is 0 Å². The van der Waals surface area contributed by atoms with Crippen molar-refractivity contribution < 1.29 is 4.74 Å². The summed E-state index contributed by atoms with van der Waals surface area (Å²) in [5.74, 6) is 0. The number of hydrogen-bond donors (Lipinski definition) is 1. The first-order valence-electron chi connectivity index (χ1n) is 6.73. The second-order valence-electron chi connectivity index (χ2n) is 4.84. The molecule has 0 aliphatic carbocycles. The molecule has 18 heavy (non-hydrogen) atoms. The van der Waals surface area contributed by atoms with Gasteiger partial charge in [0.15, 0.2) is 0 Å². The molecule has 2 rings (SSSR count). The molecule has 1 fully saturated rings. The van der Waals surface area contributed by atoms with Gasteiger partial charge in [0, 0.05) is 45.7 Å². The molecule has 1 aliphatic rings. The quantitative estimate of drug-likeness (QED) is 0.771. The molecular formula is C14H23N3O. The van der Waals surface area contributed by atoms with E-state index < -0.39 is 0 Å². The second kappa shape index (κ2) is 7.46. The van der Waals surface area contributed by atoms with Crippen LogP contribution in [0.3, 0.4) is 0 Å². The Morgan fingerprint density at radius 2 is 2.50 bits per heavy atom. The first kappa shape index (κ1) is 13.5. The normalized spacial score (nSPS) is 21.1. The van der Waals surface area contributed by atoms with Crippen LogP contribution >= 0.6 is 0 Å². The highest BCUT2D eigenvalue weighted by Crippen LogP contribution is 2.11. The molecular weight excluding hydrogens is 226 g/mol. The number of likely N-dealkylation sites (tertiary alicyclic amines) is 1. The first-order chi connectivity index (χ1) is 8.88. The van der Waals surface area contributed by atoms with Gasteiger partial charge in [0.25, 0.3) is 0 Å². The van der Waals surface area contributed by atoms with E-state index in [1.165, 1.54) is 24.9 Å². The molecule has 0 radical (unpaired) electrons. The SMILES string of the molecule is COC1CCCN(CCNCc2cccnc2)C1. The molecule has 100 valence electrons. The molecule has 1 N–H and O–H groups in total. The molecule has 0 bridgehead atoms. The summed E-state index contributed by atoms with van der Waals surface area (Å²) >= 11 is 0. The monoisotopic (exact) mass is 249 g/mol. The van der Waals surface area contributed by atoms with E-state index in [-0.39, 0.29) is 0 Å². The van der Waals surface area contributed by atoms with Crippen molar-refractivity contribution in [3.05, 3.63) is 30.1 Å². The van der Waals surface area contributed by atoms with Crippen LogP contribution in [-0.4, -0.2) is 49.3 Å². The van der Waals surface area contributed by atoms with E-state index in [4.69, 9.17) is 4.74 Å². The molecule has 4 nitrogen and oxygen atoms in total. The minimum atomic E-state index is 0.428. The van der Waals surface area contributed by atoms with Crippen molar-refractivity contribution in [2.45, 2.75) is 25.5 Å². The highest BCUT2D eigenvalue weighted by molar-refractivity contribution is 5.07. The molecule has 0 spiro atoms. The summed E-state index contributed by atoms with van der Waals surface area (Å²) in [5, 5.41) is 3.46. The van der Waals surface area contributed by atoms with Crippen LogP contribution in [0.5, 0.6) is 0 Å². The van der Waals surface area contributed by atoms with Crippen LogP contribution in [0.15, 0.2) is 24.5 Å². The molecule has 1 aromatic heterocycles. The number of pyridine rings is 1. The zero-order chi connectivity index (χ0) is 12.6. The van der Waals surface area contributed by atoms with Gasteiger partial charge in [-0.1, -0.05) is 6.07 Å². The van der Waals surface area contributed by atoms with Gasteiger partial charge in [-0.3, -0.25) is 9.88 Å². The zero-order valence-electron chi connectivity index (χ0n) is 11.1. The highest BCUT2D eigenvalue weighted by Gasteiger charge is 2.18. The number of piperidine rings is 1. The highest BCUT2D eigenvalue weighted by atomic mass is 16.5. The molecule has 0 saturated carbocycles. The van der Waals surface area contributed by atoms with E-state index in [1.54, 1.807) is 0 Å². The van der Waals surface area contributed by atoms with Crippen molar-refractivity contribution in [2.24, 2.45) is 0 Å². The first-order valence-corrected chi connectivity index (χ1v) is 6.73. The lowest BCUT2D eigenvalue weighted by atomic mass is 10.1. The average Bonchev–Trinajstić information content (AvgIpc) is 2.45. The number of nitrogens with one attached hydrogen (secondary N) is 1. The average molecular weight is 249 g/mol. The maximum atomic E-state index is 5.43. The topological polar surface area (TPSA) is 37.4 Å². The smallest absolute Gasteiger partial charge is 0.0698 e. The predicted octanol–water partition coefficient (Wildman–Crippen LogP) is 1.28. The lowest BCUT2D eigenvalue weighted by Crippen LogP contribution is -2.42. The fourth-order valence-corrected chi connectivity index (χ4v) is 2.38. The molecule has 1 aliphatic heterocycles. The molecule has 1 atom stereocenters. The van der Waals surface area contributed by atoms with Crippen LogP contribution in [0.1, 0.15) is 18.4 Å². The lowest BCUT2D eigenvalue weighted by Gasteiger charge is -2.31. The minimum absolute atomic E-state index is 0.428. The van der Waals surface area contributed by atoms with Crippen molar-refractivity contribution in [2.75, 3.05) is 33.3 Å². The van der Waals surface area contributed by atoms with E-state index in [1.807, 2.05) is 25.6 Å². The van der Waals surface area contributed by atoms with Crippen molar-refractivity contribution in [3.63, 3.8) is 0 Å². The van der Waals surface area contributed by atoms with Crippen LogP contribution in [0.25, 0.3) is 0 Å². The van der Waals surface area contributed by atoms with Crippen molar-refractivity contribution >= 4 is 0 Å². The Kier molecular flexibility index (Phi) is 5.58. The second-order valence-corrected chi connectivity index (χ2v) is 4.84. The van der Waals surface area contributed by atoms with Gasteiger partial charge in [-0.05, 0) is 31.0 Å². The summed E-state index contributed by atoms with van der Waals surface area (Å²) < 4.78 is 5.43. The molecule has 1 unspecified atom stereocenters. The van der Waals surface area contributed by atoms with Gasteiger partial charge in [0.2, 0.25) is 0 Å². The molecule has 2 heterocycles. The maximum Gasteiger partial charge on any atom is 0.0698 e. The van der Waals surface area contributed by atoms with Gasteiger partial charge in [-0.2, -0.15) is 0 Å². The minimum Gasteiger partial charge on any atom is -0.380 e. The van der Waals surface area contributed by atoms with E-state index >= 15 is 0 Å². The van der Waals surface area contributed by atoms with E-state index in [9.17, 15) is 0 Å². The van der Waals surface area contributed by atoms with Gasteiger partial charge in [0.1, 0.15) is 0 Å². The maximum absolute atomic E-state index is 5.43. The zero-order valence-corrected chi connectivity index (χ0v) is 11.1. The third kappa shape index (κ3) is 4.37.